The van der Waals surface area contributed by atoms with Crippen LogP contribution in [0.1, 0.15) is 22.8 Å². The molecule has 29 heavy (non-hydrogen) atoms. The van der Waals surface area contributed by atoms with Crippen LogP contribution < -0.4 is 14.8 Å². The first-order valence-corrected chi connectivity index (χ1v) is 10.6. The molecule has 7 heteroatoms. The highest BCUT2D eigenvalue weighted by atomic mass is 32.2. The van der Waals surface area contributed by atoms with Crippen LogP contribution in [0, 0.1) is 0 Å². The Balaban J connectivity index is 1.84. The van der Waals surface area contributed by atoms with Crippen molar-refractivity contribution in [3.8, 4) is 5.75 Å². The number of nitrogens with one attached hydrogen (secondary N) is 2. The maximum absolute atomic E-state index is 12.7. The second kappa shape index (κ2) is 9.36. The zero-order valence-electron chi connectivity index (χ0n) is 16.0. The molecule has 0 heterocycles. The molecule has 150 valence electrons. The first-order valence-electron chi connectivity index (χ1n) is 9.16. The normalized spacial score (nSPS) is 11.1. The summed E-state index contributed by atoms with van der Waals surface area (Å²) in [6, 6.07) is 22.3. The Bertz CT molecular complexity index is 1070. The summed E-state index contributed by atoms with van der Waals surface area (Å²) in [5, 5.41) is 2.74. The fraction of sp³-hybridized carbons (Fsp3) is 0.136. The van der Waals surface area contributed by atoms with E-state index in [1.54, 1.807) is 30.3 Å². The molecule has 0 aliphatic carbocycles. The van der Waals surface area contributed by atoms with Crippen molar-refractivity contribution in [2.75, 3.05) is 11.9 Å². The van der Waals surface area contributed by atoms with Crippen LogP contribution in [0.3, 0.4) is 0 Å². The van der Waals surface area contributed by atoms with E-state index in [0.29, 0.717) is 23.6 Å². The number of ether oxygens (including phenoxy) is 1. The fourth-order valence-corrected chi connectivity index (χ4v) is 3.74. The Hall–Kier alpha value is -3.16. The number of hydrogen-bond donors (Lipinski definition) is 2. The zero-order chi connectivity index (χ0) is 20.7. The van der Waals surface area contributed by atoms with Gasteiger partial charge in [0.15, 0.2) is 0 Å². The minimum Gasteiger partial charge on any atom is -0.492 e. The lowest BCUT2D eigenvalue weighted by molar-refractivity contribution is 0.102. The first-order chi connectivity index (χ1) is 14.0. The van der Waals surface area contributed by atoms with Crippen LogP contribution in [0.2, 0.25) is 0 Å². The fourth-order valence-electron chi connectivity index (χ4n) is 2.70. The van der Waals surface area contributed by atoms with Crippen molar-refractivity contribution in [2.24, 2.45) is 0 Å². The van der Waals surface area contributed by atoms with E-state index in [4.69, 9.17) is 4.74 Å². The van der Waals surface area contributed by atoms with E-state index in [1.807, 2.05) is 43.3 Å². The summed E-state index contributed by atoms with van der Waals surface area (Å²) in [7, 11) is -3.77. The highest BCUT2D eigenvalue weighted by molar-refractivity contribution is 7.89. The van der Waals surface area contributed by atoms with Crippen LogP contribution in [0.4, 0.5) is 5.69 Å². The third kappa shape index (κ3) is 5.43. The predicted molar refractivity (Wildman–Crippen MR) is 112 cm³/mol. The van der Waals surface area contributed by atoms with Gasteiger partial charge in [-0.15, -0.1) is 0 Å². The van der Waals surface area contributed by atoms with Crippen molar-refractivity contribution in [1.82, 2.24) is 4.72 Å². The van der Waals surface area contributed by atoms with Crippen molar-refractivity contribution < 1.29 is 17.9 Å². The molecule has 3 aromatic rings. The molecule has 0 radical (unpaired) electrons. The number of anilines is 1. The molecule has 1 amide bonds. The second-order valence-electron chi connectivity index (χ2n) is 6.22. The highest BCUT2D eigenvalue weighted by Gasteiger charge is 2.18. The minimum absolute atomic E-state index is 0.0419. The van der Waals surface area contributed by atoms with Gasteiger partial charge in [0, 0.05) is 12.1 Å². The van der Waals surface area contributed by atoms with Crippen molar-refractivity contribution in [1.29, 1.82) is 0 Å². The van der Waals surface area contributed by atoms with Crippen molar-refractivity contribution in [2.45, 2.75) is 18.4 Å². The summed E-state index contributed by atoms with van der Waals surface area (Å²) < 4.78 is 33.6. The smallest absolute Gasteiger partial charge is 0.255 e. The molecular weight excluding hydrogens is 388 g/mol. The number of benzene rings is 3. The molecule has 3 aromatic carbocycles. The average molecular weight is 410 g/mol. The molecule has 0 saturated carbocycles. The molecular formula is C22H22N2O4S. The third-order valence-corrected chi connectivity index (χ3v) is 5.55. The highest BCUT2D eigenvalue weighted by Crippen LogP contribution is 2.28. The molecule has 0 spiro atoms. The van der Waals surface area contributed by atoms with E-state index in [2.05, 4.69) is 10.0 Å². The topological polar surface area (TPSA) is 84.5 Å². The minimum atomic E-state index is -3.77. The van der Waals surface area contributed by atoms with E-state index in [0.717, 1.165) is 5.56 Å². The number of sulfonamides is 1. The molecule has 0 atom stereocenters. The van der Waals surface area contributed by atoms with Gasteiger partial charge in [0.25, 0.3) is 5.91 Å². The lowest BCUT2D eigenvalue weighted by atomic mass is 10.2. The molecule has 0 bridgehead atoms. The van der Waals surface area contributed by atoms with Gasteiger partial charge < -0.3 is 10.1 Å². The molecule has 0 fully saturated rings. The van der Waals surface area contributed by atoms with Gasteiger partial charge in [-0.25, -0.2) is 13.1 Å². The Labute approximate surface area is 170 Å². The van der Waals surface area contributed by atoms with E-state index >= 15 is 0 Å². The Morgan fingerprint density at radius 2 is 1.59 bits per heavy atom. The number of amides is 1. The number of hydrogen-bond acceptors (Lipinski definition) is 4. The second-order valence-corrected chi connectivity index (χ2v) is 7.99. The van der Waals surface area contributed by atoms with Crippen LogP contribution in [0.5, 0.6) is 5.75 Å². The molecule has 0 aliphatic heterocycles. The van der Waals surface area contributed by atoms with Crippen LogP contribution in [0.25, 0.3) is 0 Å². The van der Waals surface area contributed by atoms with E-state index in [1.165, 1.54) is 12.1 Å². The summed E-state index contributed by atoms with van der Waals surface area (Å²) in [5.41, 5.74) is 1.60. The standard InChI is InChI=1S/C22H22N2O4S/c1-2-28-21-14-13-19(29(26,27)23-16-17-9-5-3-6-10-17)15-20(21)24-22(25)18-11-7-4-8-12-18/h3-15,23H,2,16H2,1H3,(H,24,25). The van der Waals surface area contributed by atoms with Gasteiger partial charge in [0.05, 0.1) is 17.2 Å². The van der Waals surface area contributed by atoms with Crippen molar-refractivity contribution in [3.05, 3.63) is 90.0 Å². The predicted octanol–water partition coefficient (Wildman–Crippen LogP) is 3.82. The lowest BCUT2D eigenvalue weighted by Crippen LogP contribution is -2.23. The van der Waals surface area contributed by atoms with E-state index in [-0.39, 0.29) is 17.3 Å². The summed E-state index contributed by atoms with van der Waals surface area (Å²) in [5.74, 6) is 0.0529. The summed E-state index contributed by atoms with van der Waals surface area (Å²) in [6.07, 6.45) is 0. The van der Waals surface area contributed by atoms with E-state index in [9.17, 15) is 13.2 Å². The van der Waals surface area contributed by atoms with E-state index < -0.39 is 10.0 Å². The van der Waals surface area contributed by atoms with Gasteiger partial charge in [-0.3, -0.25) is 4.79 Å². The lowest BCUT2D eigenvalue weighted by Gasteiger charge is -2.14. The largest absolute Gasteiger partial charge is 0.492 e. The Morgan fingerprint density at radius 1 is 0.931 bits per heavy atom. The molecule has 3 rings (SSSR count). The van der Waals surface area contributed by atoms with Gasteiger partial charge in [-0.05, 0) is 42.8 Å². The van der Waals surface area contributed by atoms with Gasteiger partial charge in [0.1, 0.15) is 5.75 Å². The SMILES string of the molecule is CCOc1ccc(S(=O)(=O)NCc2ccccc2)cc1NC(=O)c1ccccc1. The van der Waals surface area contributed by atoms with Gasteiger partial charge in [-0.1, -0.05) is 48.5 Å². The summed E-state index contributed by atoms with van der Waals surface area (Å²) in [4.78, 5) is 12.6. The first kappa shape index (κ1) is 20.6. The Morgan fingerprint density at radius 3 is 2.24 bits per heavy atom. The van der Waals surface area contributed by atoms with Crippen LogP contribution in [0.15, 0.2) is 83.8 Å². The van der Waals surface area contributed by atoms with Crippen molar-refractivity contribution in [3.63, 3.8) is 0 Å². The number of carbonyl (C=O) groups excluding carboxylic acids is 1. The van der Waals surface area contributed by atoms with Gasteiger partial charge >= 0.3 is 0 Å². The molecule has 0 aliphatic rings. The molecule has 0 aromatic heterocycles. The molecule has 0 saturated heterocycles. The summed E-state index contributed by atoms with van der Waals surface area (Å²) >= 11 is 0. The van der Waals surface area contributed by atoms with Crippen LogP contribution >= 0.6 is 0 Å². The maximum atomic E-state index is 12.7. The molecule has 6 nitrogen and oxygen atoms in total. The molecule has 0 unspecified atom stereocenters. The summed E-state index contributed by atoms with van der Waals surface area (Å²) in [6.45, 7) is 2.36. The van der Waals surface area contributed by atoms with Crippen LogP contribution in [-0.2, 0) is 16.6 Å². The third-order valence-electron chi connectivity index (χ3n) is 4.15. The Kier molecular flexibility index (Phi) is 6.64. The number of rotatable bonds is 8. The number of carbonyl (C=O) groups is 1. The van der Waals surface area contributed by atoms with Gasteiger partial charge in [0.2, 0.25) is 10.0 Å². The molecule has 2 N–H and O–H groups in total. The quantitative estimate of drug-likeness (QED) is 0.591. The zero-order valence-corrected chi connectivity index (χ0v) is 16.8. The van der Waals surface area contributed by atoms with Crippen LogP contribution in [-0.4, -0.2) is 20.9 Å². The maximum Gasteiger partial charge on any atom is 0.255 e. The van der Waals surface area contributed by atoms with Crippen molar-refractivity contribution >= 4 is 21.6 Å². The van der Waals surface area contributed by atoms with Gasteiger partial charge in [-0.2, -0.15) is 0 Å². The monoisotopic (exact) mass is 410 g/mol. The average Bonchev–Trinajstić information content (AvgIpc) is 2.75.